The van der Waals surface area contributed by atoms with Crippen LogP contribution in [0.5, 0.6) is 5.75 Å². The zero-order valence-electron chi connectivity index (χ0n) is 7.40. The van der Waals surface area contributed by atoms with Crippen molar-refractivity contribution in [2.24, 2.45) is 0 Å². The largest absolute Gasteiger partial charge is 0.496 e. The molecule has 0 bridgehead atoms. The molecule has 0 aliphatic rings. The van der Waals surface area contributed by atoms with E-state index < -0.39 is 5.97 Å². The molecule has 3 nitrogen and oxygen atoms in total. The van der Waals surface area contributed by atoms with Crippen LogP contribution in [0.3, 0.4) is 0 Å². The monoisotopic (exact) mass is 198 g/mol. The summed E-state index contributed by atoms with van der Waals surface area (Å²) >= 11 is 1.46. The van der Waals surface area contributed by atoms with E-state index in [2.05, 4.69) is 0 Å². The fraction of sp³-hybridized carbons (Fsp3) is 0.222. The van der Waals surface area contributed by atoms with E-state index in [1.165, 1.54) is 11.3 Å². The molecule has 70 valence electrons. The van der Waals surface area contributed by atoms with E-state index in [0.717, 1.165) is 10.6 Å². The maximum atomic E-state index is 10.5. The summed E-state index contributed by atoms with van der Waals surface area (Å²) in [6.07, 6.45) is 1.62. The minimum Gasteiger partial charge on any atom is -0.496 e. The molecule has 13 heavy (non-hydrogen) atoms. The van der Waals surface area contributed by atoms with Crippen molar-refractivity contribution >= 4 is 23.4 Å². The Kier molecular flexibility index (Phi) is 3.08. The maximum absolute atomic E-state index is 10.5. The first-order valence-electron chi connectivity index (χ1n) is 3.67. The Bertz CT molecular complexity index is 338. The number of hydrogen-bond acceptors (Lipinski definition) is 3. The summed E-state index contributed by atoms with van der Waals surface area (Å²) in [5, 5.41) is 10.4. The average Bonchev–Trinajstić information content (AvgIpc) is 2.52. The molecule has 0 radical (unpaired) electrons. The van der Waals surface area contributed by atoms with E-state index >= 15 is 0 Å². The minimum atomic E-state index is -0.896. The van der Waals surface area contributed by atoms with Crippen LogP contribution in [-0.2, 0) is 4.79 Å². The quantitative estimate of drug-likeness (QED) is 0.758. The van der Waals surface area contributed by atoms with Crippen LogP contribution >= 0.6 is 11.3 Å². The number of aliphatic carboxylic acids is 1. The van der Waals surface area contributed by atoms with Gasteiger partial charge in [-0.25, -0.2) is 4.79 Å². The van der Waals surface area contributed by atoms with Gasteiger partial charge in [-0.1, -0.05) is 0 Å². The van der Waals surface area contributed by atoms with Gasteiger partial charge >= 0.3 is 5.97 Å². The van der Waals surface area contributed by atoms with E-state index in [0.29, 0.717) is 5.57 Å². The summed E-state index contributed by atoms with van der Waals surface area (Å²) in [5.74, 6) is -0.137. The third-order valence-corrected chi connectivity index (χ3v) is 2.39. The van der Waals surface area contributed by atoms with E-state index in [1.807, 2.05) is 5.38 Å². The highest BCUT2D eigenvalue weighted by molar-refractivity contribution is 7.11. The van der Waals surface area contributed by atoms with Gasteiger partial charge < -0.3 is 9.84 Å². The van der Waals surface area contributed by atoms with Crippen molar-refractivity contribution in [1.82, 2.24) is 0 Å². The first-order valence-corrected chi connectivity index (χ1v) is 4.55. The van der Waals surface area contributed by atoms with Crippen LogP contribution in [0.1, 0.15) is 11.8 Å². The van der Waals surface area contributed by atoms with Gasteiger partial charge in [-0.3, -0.25) is 0 Å². The second kappa shape index (κ2) is 4.09. The molecule has 0 spiro atoms. The van der Waals surface area contributed by atoms with Gasteiger partial charge in [0.15, 0.2) is 0 Å². The topological polar surface area (TPSA) is 46.5 Å². The van der Waals surface area contributed by atoms with Gasteiger partial charge in [-0.15, -0.1) is 11.3 Å². The lowest BCUT2D eigenvalue weighted by Crippen LogP contribution is -1.94. The molecule has 0 fully saturated rings. The standard InChI is InChI=1S/C9H10O3S/c1-6(9(10)11)3-8-4-7(12-2)5-13-8/h3-5H,1-2H3,(H,10,11). The highest BCUT2D eigenvalue weighted by Crippen LogP contribution is 2.23. The molecule has 1 heterocycles. The molecule has 1 rings (SSSR count). The fourth-order valence-electron chi connectivity index (χ4n) is 0.792. The Hall–Kier alpha value is -1.29. The van der Waals surface area contributed by atoms with E-state index in [9.17, 15) is 4.79 Å². The van der Waals surface area contributed by atoms with Crippen molar-refractivity contribution in [1.29, 1.82) is 0 Å². The molecule has 0 atom stereocenters. The van der Waals surface area contributed by atoms with Crippen molar-refractivity contribution in [3.05, 3.63) is 21.9 Å². The summed E-state index contributed by atoms with van der Waals surface area (Å²) in [7, 11) is 1.58. The highest BCUT2D eigenvalue weighted by atomic mass is 32.1. The van der Waals surface area contributed by atoms with Crippen molar-refractivity contribution in [3.8, 4) is 5.75 Å². The second-order valence-electron chi connectivity index (χ2n) is 2.52. The van der Waals surface area contributed by atoms with Gasteiger partial charge in [0, 0.05) is 15.8 Å². The molecule has 1 aromatic rings. The number of methoxy groups -OCH3 is 1. The first-order chi connectivity index (χ1) is 6.13. The summed E-state index contributed by atoms with van der Waals surface area (Å²) < 4.78 is 4.97. The van der Waals surface area contributed by atoms with Crippen LogP contribution in [0.15, 0.2) is 17.0 Å². The number of hydrogen-bond donors (Lipinski definition) is 1. The Balaban J connectivity index is 2.84. The summed E-state index contributed by atoms with van der Waals surface area (Å²) in [4.78, 5) is 11.4. The second-order valence-corrected chi connectivity index (χ2v) is 3.46. The van der Waals surface area contributed by atoms with Gasteiger partial charge in [0.1, 0.15) is 5.75 Å². The molecule has 0 aliphatic carbocycles. The SMILES string of the molecule is COc1csc(C=C(C)C(=O)O)c1. The van der Waals surface area contributed by atoms with Gasteiger partial charge in [-0.05, 0) is 19.1 Å². The van der Waals surface area contributed by atoms with Gasteiger partial charge in [-0.2, -0.15) is 0 Å². The third-order valence-electron chi connectivity index (χ3n) is 1.53. The van der Waals surface area contributed by atoms with Gasteiger partial charge in [0.2, 0.25) is 0 Å². The normalized spacial score (nSPS) is 11.4. The van der Waals surface area contributed by atoms with Crippen LogP contribution in [0, 0.1) is 0 Å². The van der Waals surface area contributed by atoms with Gasteiger partial charge in [0.25, 0.3) is 0 Å². The first kappa shape index (κ1) is 9.80. The number of thiophene rings is 1. The van der Waals surface area contributed by atoms with Crippen LogP contribution in [0.25, 0.3) is 6.08 Å². The van der Waals surface area contributed by atoms with E-state index in [4.69, 9.17) is 9.84 Å². The third kappa shape index (κ3) is 2.59. The zero-order chi connectivity index (χ0) is 9.84. The smallest absolute Gasteiger partial charge is 0.331 e. The van der Waals surface area contributed by atoms with E-state index in [-0.39, 0.29) is 0 Å². The molecule has 1 aromatic heterocycles. The van der Waals surface area contributed by atoms with Crippen LogP contribution < -0.4 is 4.74 Å². The number of ether oxygens (including phenoxy) is 1. The zero-order valence-corrected chi connectivity index (χ0v) is 8.22. The molecule has 0 saturated carbocycles. The lowest BCUT2D eigenvalue weighted by Gasteiger charge is -1.90. The predicted octanol–water partition coefficient (Wildman–Crippen LogP) is 2.24. The molecule has 0 saturated heterocycles. The summed E-state index contributed by atoms with van der Waals surface area (Å²) in [5.41, 5.74) is 0.324. The number of carbonyl (C=O) groups is 1. The number of carboxylic acids is 1. The molecule has 0 amide bonds. The predicted molar refractivity (Wildman–Crippen MR) is 52.2 cm³/mol. The summed E-state index contributed by atoms with van der Waals surface area (Å²) in [6, 6.07) is 1.80. The number of rotatable bonds is 3. The van der Waals surface area contributed by atoms with Crippen molar-refractivity contribution in [2.75, 3.05) is 7.11 Å². The van der Waals surface area contributed by atoms with Crippen molar-refractivity contribution in [2.45, 2.75) is 6.92 Å². The Morgan fingerprint density at radius 1 is 1.69 bits per heavy atom. The maximum Gasteiger partial charge on any atom is 0.331 e. The molecular formula is C9H10O3S. The molecular weight excluding hydrogens is 188 g/mol. The van der Waals surface area contributed by atoms with Crippen LogP contribution in [0.4, 0.5) is 0 Å². The van der Waals surface area contributed by atoms with Gasteiger partial charge in [0.05, 0.1) is 7.11 Å². The van der Waals surface area contributed by atoms with E-state index in [1.54, 1.807) is 26.2 Å². The molecule has 0 unspecified atom stereocenters. The van der Waals surface area contributed by atoms with Crippen LogP contribution in [0.2, 0.25) is 0 Å². The Labute approximate surface area is 80.3 Å². The Morgan fingerprint density at radius 3 is 2.85 bits per heavy atom. The minimum absolute atomic E-state index is 0.324. The van der Waals surface area contributed by atoms with Crippen molar-refractivity contribution < 1.29 is 14.6 Å². The Morgan fingerprint density at radius 2 is 2.38 bits per heavy atom. The average molecular weight is 198 g/mol. The molecule has 1 N–H and O–H groups in total. The molecule has 4 heteroatoms. The lowest BCUT2D eigenvalue weighted by molar-refractivity contribution is -0.132. The molecule has 0 aliphatic heterocycles. The summed E-state index contributed by atoms with van der Waals surface area (Å²) in [6.45, 7) is 1.56. The fourth-order valence-corrected chi connectivity index (χ4v) is 1.64. The van der Waals surface area contributed by atoms with Crippen molar-refractivity contribution in [3.63, 3.8) is 0 Å². The molecule has 0 aromatic carbocycles. The number of carboxylic acid groups (broad SMARTS) is 1. The highest BCUT2D eigenvalue weighted by Gasteiger charge is 2.01. The van der Waals surface area contributed by atoms with Crippen LogP contribution in [-0.4, -0.2) is 18.2 Å². The lowest BCUT2D eigenvalue weighted by atomic mass is 10.2.